The fourth-order valence-electron chi connectivity index (χ4n) is 1.88. The molecule has 4 nitrogen and oxygen atoms in total. The summed E-state index contributed by atoms with van der Waals surface area (Å²) in [5.41, 5.74) is 0.712. The van der Waals surface area contributed by atoms with Crippen LogP contribution >= 0.6 is 15.9 Å². The topological polar surface area (TPSA) is 37.3 Å². The average molecular weight is 316 g/mol. The van der Waals surface area contributed by atoms with E-state index in [9.17, 15) is 4.79 Å². The van der Waals surface area contributed by atoms with Crippen LogP contribution in [0.5, 0.6) is 0 Å². The van der Waals surface area contributed by atoms with Crippen molar-refractivity contribution in [1.82, 2.24) is 14.8 Å². The smallest absolute Gasteiger partial charge is 0.267 e. The van der Waals surface area contributed by atoms with Crippen LogP contribution in [0.4, 0.5) is 0 Å². The summed E-state index contributed by atoms with van der Waals surface area (Å²) in [4.78, 5) is 14.3. The zero-order valence-corrected chi connectivity index (χ0v) is 13.0. The maximum absolute atomic E-state index is 12.0. The number of nitrogens with one attached hydrogen (secondary N) is 1. The van der Waals surface area contributed by atoms with Crippen molar-refractivity contribution in [3.05, 3.63) is 22.4 Å². The van der Waals surface area contributed by atoms with Crippen LogP contribution in [0.2, 0.25) is 0 Å². The summed E-state index contributed by atoms with van der Waals surface area (Å²) in [5, 5.41) is 2.96. The van der Waals surface area contributed by atoms with Gasteiger partial charge in [0.2, 0.25) is 0 Å². The average Bonchev–Trinajstić information content (AvgIpc) is 2.75. The van der Waals surface area contributed by atoms with Crippen molar-refractivity contribution in [2.24, 2.45) is 0 Å². The molecule has 1 N–H and O–H groups in total. The van der Waals surface area contributed by atoms with Gasteiger partial charge in [0.15, 0.2) is 0 Å². The number of hydrogen-bond acceptors (Lipinski definition) is 2. The van der Waals surface area contributed by atoms with E-state index in [4.69, 9.17) is 0 Å². The molecule has 0 saturated carbocycles. The second-order valence-electron chi connectivity index (χ2n) is 4.11. The first-order valence-corrected chi connectivity index (χ1v) is 7.27. The van der Waals surface area contributed by atoms with E-state index < -0.39 is 0 Å². The monoisotopic (exact) mass is 315 g/mol. The predicted molar refractivity (Wildman–Crippen MR) is 77.9 cm³/mol. The van der Waals surface area contributed by atoms with Crippen LogP contribution in [0.3, 0.4) is 0 Å². The first-order chi connectivity index (χ1) is 8.62. The predicted octanol–water partition coefficient (Wildman–Crippen LogP) is 2.34. The van der Waals surface area contributed by atoms with Gasteiger partial charge < -0.3 is 14.8 Å². The molecule has 18 heavy (non-hydrogen) atoms. The Bertz CT molecular complexity index is 386. The molecule has 0 bridgehead atoms. The highest BCUT2D eigenvalue weighted by Crippen LogP contribution is 2.14. The Hall–Kier alpha value is -0.810. The minimum Gasteiger partial charge on any atom is -0.349 e. The summed E-state index contributed by atoms with van der Waals surface area (Å²) >= 11 is 3.40. The third-order valence-corrected chi connectivity index (χ3v) is 3.48. The Morgan fingerprint density at radius 1 is 1.39 bits per heavy atom. The molecule has 1 heterocycles. The van der Waals surface area contributed by atoms with Crippen LogP contribution in [0, 0.1) is 0 Å². The second kappa shape index (κ2) is 7.59. The lowest BCUT2D eigenvalue weighted by Gasteiger charge is -2.18. The molecular formula is C13H22BrN3O. The Morgan fingerprint density at radius 2 is 2.06 bits per heavy atom. The van der Waals surface area contributed by atoms with E-state index >= 15 is 0 Å². The van der Waals surface area contributed by atoms with Crippen molar-refractivity contribution in [2.75, 3.05) is 26.2 Å². The van der Waals surface area contributed by atoms with Crippen molar-refractivity contribution >= 4 is 21.8 Å². The summed E-state index contributed by atoms with van der Waals surface area (Å²) < 4.78 is 2.88. The maximum atomic E-state index is 12.0. The summed E-state index contributed by atoms with van der Waals surface area (Å²) in [7, 11) is 0. The van der Waals surface area contributed by atoms with E-state index in [0.29, 0.717) is 12.2 Å². The van der Waals surface area contributed by atoms with Crippen LogP contribution in [0.25, 0.3) is 0 Å². The molecule has 1 rings (SSSR count). The van der Waals surface area contributed by atoms with Gasteiger partial charge in [0.05, 0.1) is 0 Å². The number of halogens is 1. The van der Waals surface area contributed by atoms with Crippen LogP contribution in [0.1, 0.15) is 31.3 Å². The second-order valence-corrected chi connectivity index (χ2v) is 5.03. The maximum Gasteiger partial charge on any atom is 0.267 e. The van der Waals surface area contributed by atoms with Gasteiger partial charge in [-0.15, -0.1) is 0 Å². The van der Waals surface area contributed by atoms with Crippen molar-refractivity contribution in [2.45, 2.75) is 27.3 Å². The van der Waals surface area contributed by atoms with E-state index in [0.717, 1.165) is 30.7 Å². The van der Waals surface area contributed by atoms with E-state index in [1.807, 2.05) is 23.8 Å². The largest absolute Gasteiger partial charge is 0.349 e. The Balaban J connectivity index is 2.50. The van der Waals surface area contributed by atoms with Gasteiger partial charge in [-0.3, -0.25) is 4.79 Å². The minimum absolute atomic E-state index is 0.00490. The molecule has 1 amide bonds. The minimum atomic E-state index is -0.00490. The summed E-state index contributed by atoms with van der Waals surface area (Å²) in [6, 6.07) is 1.86. The third-order valence-electron chi connectivity index (χ3n) is 3.04. The number of rotatable bonds is 7. The van der Waals surface area contributed by atoms with Gasteiger partial charge in [-0.05, 0) is 42.0 Å². The van der Waals surface area contributed by atoms with E-state index in [1.54, 1.807) is 0 Å². The summed E-state index contributed by atoms with van der Waals surface area (Å²) in [6.45, 7) is 10.7. The molecule has 1 aromatic heterocycles. The van der Waals surface area contributed by atoms with Crippen molar-refractivity contribution in [1.29, 1.82) is 0 Å². The first-order valence-electron chi connectivity index (χ1n) is 6.48. The van der Waals surface area contributed by atoms with Crippen molar-refractivity contribution in [3.8, 4) is 0 Å². The highest BCUT2D eigenvalue weighted by Gasteiger charge is 2.11. The molecule has 0 atom stereocenters. The SMILES string of the molecule is CCN(CC)CCNC(=O)c1cc(Br)cn1CC. The van der Waals surface area contributed by atoms with Gasteiger partial charge in [-0.1, -0.05) is 13.8 Å². The molecule has 102 valence electrons. The number of carbonyl (C=O) groups is 1. The summed E-state index contributed by atoms with van der Waals surface area (Å²) in [5.74, 6) is -0.00490. The zero-order chi connectivity index (χ0) is 13.5. The number of nitrogens with zero attached hydrogens (tertiary/aromatic N) is 2. The lowest BCUT2D eigenvalue weighted by Crippen LogP contribution is -2.35. The quantitative estimate of drug-likeness (QED) is 0.838. The number of aryl methyl sites for hydroxylation is 1. The van der Waals surface area contributed by atoms with Gasteiger partial charge in [-0.25, -0.2) is 0 Å². The molecule has 0 spiro atoms. The lowest BCUT2D eigenvalue weighted by molar-refractivity contribution is 0.0940. The van der Waals surface area contributed by atoms with Crippen LogP contribution < -0.4 is 5.32 Å². The zero-order valence-electron chi connectivity index (χ0n) is 11.4. The van der Waals surface area contributed by atoms with Crippen LogP contribution in [0.15, 0.2) is 16.7 Å². The molecule has 0 saturated heterocycles. The Kier molecular flexibility index (Phi) is 6.43. The number of aromatic nitrogens is 1. The number of hydrogen-bond donors (Lipinski definition) is 1. The molecule has 5 heteroatoms. The van der Waals surface area contributed by atoms with Gasteiger partial charge in [-0.2, -0.15) is 0 Å². The van der Waals surface area contributed by atoms with E-state index in [-0.39, 0.29) is 5.91 Å². The molecule has 0 unspecified atom stereocenters. The number of carbonyl (C=O) groups excluding carboxylic acids is 1. The fourth-order valence-corrected chi connectivity index (χ4v) is 2.35. The highest BCUT2D eigenvalue weighted by atomic mass is 79.9. The number of likely N-dealkylation sites (N-methyl/N-ethyl adjacent to an activating group) is 1. The first kappa shape index (κ1) is 15.2. The molecule has 0 aliphatic heterocycles. The molecule has 0 aromatic carbocycles. The third kappa shape index (κ3) is 4.14. The lowest BCUT2D eigenvalue weighted by atomic mass is 10.4. The van der Waals surface area contributed by atoms with Crippen molar-refractivity contribution in [3.63, 3.8) is 0 Å². The van der Waals surface area contributed by atoms with E-state index in [1.165, 1.54) is 0 Å². The molecular weight excluding hydrogens is 294 g/mol. The molecule has 0 fully saturated rings. The van der Waals surface area contributed by atoms with Gasteiger partial charge in [0.1, 0.15) is 5.69 Å². The Labute approximate surface area is 117 Å². The molecule has 0 aliphatic rings. The van der Waals surface area contributed by atoms with Gasteiger partial charge >= 0.3 is 0 Å². The van der Waals surface area contributed by atoms with E-state index in [2.05, 4.69) is 40.0 Å². The van der Waals surface area contributed by atoms with Crippen LogP contribution in [-0.2, 0) is 6.54 Å². The summed E-state index contributed by atoms with van der Waals surface area (Å²) in [6.07, 6.45) is 1.93. The normalized spacial score (nSPS) is 10.9. The van der Waals surface area contributed by atoms with Crippen molar-refractivity contribution < 1.29 is 4.79 Å². The molecule has 1 aromatic rings. The van der Waals surface area contributed by atoms with Gasteiger partial charge in [0.25, 0.3) is 5.91 Å². The Morgan fingerprint density at radius 3 is 2.61 bits per heavy atom. The van der Waals surface area contributed by atoms with Gasteiger partial charge in [0, 0.05) is 30.3 Å². The standard InChI is InChI=1S/C13H22BrN3O/c1-4-16(5-2)8-7-15-13(18)12-9-11(14)10-17(12)6-3/h9-10H,4-8H2,1-3H3,(H,15,18). The molecule has 0 aliphatic carbocycles. The van der Waals surface area contributed by atoms with Crippen LogP contribution in [-0.4, -0.2) is 41.6 Å². The highest BCUT2D eigenvalue weighted by molar-refractivity contribution is 9.10. The number of amides is 1. The molecule has 0 radical (unpaired) electrons. The fraction of sp³-hybridized carbons (Fsp3) is 0.615.